The van der Waals surface area contributed by atoms with Crippen molar-refractivity contribution in [1.82, 2.24) is 9.99 Å². The molecule has 1 amide bonds. The first-order chi connectivity index (χ1) is 10.2. The average molecular weight is 287 g/mol. The number of carbonyl (C=O) groups excluding carboxylic acids is 1. The zero-order chi connectivity index (χ0) is 15.1. The molecule has 0 atom stereocenters. The number of para-hydroxylation sites is 2. The van der Waals surface area contributed by atoms with Gasteiger partial charge in [-0.05, 0) is 18.2 Å². The first-order valence-electron chi connectivity index (χ1n) is 6.38. The zero-order valence-corrected chi connectivity index (χ0v) is 11.9. The maximum atomic E-state index is 11.6. The van der Waals surface area contributed by atoms with Gasteiger partial charge >= 0.3 is 0 Å². The topological polar surface area (TPSA) is 64.8 Å². The van der Waals surface area contributed by atoms with Gasteiger partial charge in [-0.2, -0.15) is 5.10 Å². The van der Waals surface area contributed by atoms with Gasteiger partial charge in [-0.3, -0.25) is 4.79 Å². The van der Waals surface area contributed by atoms with Crippen LogP contribution in [0.5, 0.6) is 11.5 Å². The maximum Gasteiger partial charge on any atom is 0.277 e. The third-order valence-electron chi connectivity index (χ3n) is 2.69. The second kappa shape index (κ2) is 7.14. The molecule has 2 aromatic rings. The molecule has 6 heteroatoms. The van der Waals surface area contributed by atoms with Crippen molar-refractivity contribution in [2.24, 2.45) is 12.1 Å². The van der Waals surface area contributed by atoms with Crippen molar-refractivity contribution < 1.29 is 14.3 Å². The number of benzene rings is 1. The molecule has 0 saturated heterocycles. The van der Waals surface area contributed by atoms with E-state index in [4.69, 9.17) is 9.47 Å². The predicted molar refractivity (Wildman–Crippen MR) is 79.6 cm³/mol. The van der Waals surface area contributed by atoms with E-state index in [9.17, 15) is 4.79 Å². The SMILES string of the molecule is COc1ccccc1OCC(=O)N/N=C/c1ccn(C)c1. The molecular weight excluding hydrogens is 270 g/mol. The number of aryl methyl sites for hydroxylation is 1. The summed E-state index contributed by atoms with van der Waals surface area (Å²) in [5.41, 5.74) is 3.31. The number of hydrogen-bond acceptors (Lipinski definition) is 4. The van der Waals surface area contributed by atoms with E-state index in [0.29, 0.717) is 11.5 Å². The molecular formula is C15H17N3O3. The molecule has 110 valence electrons. The second-order valence-corrected chi connectivity index (χ2v) is 4.34. The highest BCUT2D eigenvalue weighted by atomic mass is 16.5. The van der Waals surface area contributed by atoms with Crippen LogP contribution in [-0.4, -0.2) is 30.4 Å². The first-order valence-corrected chi connectivity index (χ1v) is 6.38. The third kappa shape index (κ3) is 4.38. The molecule has 2 rings (SSSR count). The number of rotatable bonds is 6. The largest absolute Gasteiger partial charge is 0.493 e. The normalized spacial score (nSPS) is 10.6. The molecule has 1 aromatic carbocycles. The van der Waals surface area contributed by atoms with E-state index in [2.05, 4.69) is 10.5 Å². The fourth-order valence-corrected chi connectivity index (χ4v) is 1.69. The minimum atomic E-state index is -0.340. The molecule has 0 spiro atoms. The Morgan fingerprint density at radius 1 is 1.33 bits per heavy atom. The lowest BCUT2D eigenvalue weighted by atomic mass is 10.3. The van der Waals surface area contributed by atoms with E-state index in [1.807, 2.05) is 42.2 Å². The summed E-state index contributed by atoms with van der Waals surface area (Å²) in [5, 5.41) is 3.86. The molecule has 0 saturated carbocycles. The Hall–Kier alpha value is -2.76. The first kappa shape index (κ1) is 14.6. The van der Waals surface area contributed by atoms with Crippen molar-refractivity contribution in [3.63, 3.8) is 0 Å². The van der Waals surface area contributed by atoms with E-state index in [0.717, 1.165) is 5.56 Å². The summed E-state index contributed by atoms with van der Waals surface area (Å²) in [6, 6.07) is 9.03. The molecule has 1 aromatic heterocycles. The number of amides is 1. The molecule has 0 bridgehead atoms. The van der Waals surface area contributed by atoms with Crippen LogP contribution in [0.4, 0.5) is 0 Å². The van der Waals surface area contributed by atoms with Gasteiger partial charge in [0.25, 0.3) is 5.91 Å². The molecule has 0 aliphatic heterocycles. The van der Waals surface area contributed by atoms with Gasteiger partial charge in [0.05, 0.1) is 13.3 Å². The third-order valence-corrected chi connectivity index (χ3v) is 2.69. The van der Waals surface area contributed by atoms with Gasteiger partial charge in [0, 0.05) is 25.0 Å². The smallest absolute Gasteiger partial charge is 0.277 e. The minimum absolute atomic E-state index is 0.132. The fraction of sp³-hybridized carbons (Fsp3) is 0.200. The number of nitrogens with one attached hydrogen (secondary N) is 1. The lowest BCUT2D eigenvalue weighted by Gasteiger charge is -2.08. The lowest BCUT2D eigenvalue weighted by molar-refractivity contribution is -0.123. The molecule has 0 fully saturated rings. The van der Waals surface area contributed by atoms with Gasteiger partial charge in [0.2, 0.25) is 0 Å². The number of ether oxygens (including phenoxy) is 2. The number of hydrazone groups is 1. The van der Waals surface area contributed by atoms with E-state index < -0.39 is 0 Å². The number of aromatic nitrogens is 1. The summed E-state index contributed by atoms with van der Waals surface area (Å²) in [5.74, 6) is 0.758. The van der Waals surface area contributed by atoms with Crippen molar-refractivity contribution in [2.75, 3.05) is 13.7 Å². The van der Waals surface area contributed by atoms with Crippen LogP contribution in [0.3, 0.4) is 0 Å². The van der Waals surface area contributed by atoms with Crippen LogP contribution in [0.1, 0.15) is 5.56 Å². The molecule has 1 N–H and O–H groups in total. The van der Waals surface area contributed by atoms with Crippen LogP contribution >= 0.6 is 0 Å². The summed E-state index contributed by atoms with van der Waals surface area (Å²) in [6.07, 6.45) is 5.36. The van der Waals surface area contributed by atoms with Crippen LogP contribution in [-0.2, 0) is 11.8 Å². The molecule has 6 nitrogen and oxygen atoms in total. The Morgan fingerprint density at radius 3 is 2.76 bits per heavy atom. The molecule has 21 heavy (non-hydrogen) atoms. The summed E-state index contributed by atoms with van der Waals surface area (Å²) in [4.78, 5) is 11.6. The second-order valence-electron chi connectivity index (χ2n) is 4.34. The minimum Gasteiger partial charge on any atom is -0.493 e. The van der Waals surface area contributed by atoms with Crippen LogP contribution in [0.2, 0.25) is 0 Å². The van der Waals surface area contributed by atoms with E-state index >= 15 is 0 Å². The van der Waals surface area contributed by atoms with Crippen molar-refractivity contribution in [3.05, 3.63) is 48.3 Å². The summed E-state index contributed by atoms with van der Waals surface area (Å²) >= 11 is 0. The van der Waals surface area contributed by atoms with E-state index in [1.165, 1.54) is 0 Å². The monoisotopic (exact) mass is 287 g/mol. The predicted octanol–water partition coefficient (Wildman–Crippen LogP) is 1.56. The van der Waals surface area contributed by atoms with Crippen LogP contribution < -0.4 is 14.9 Å². The quantitative estimate of drug-likeness (QED) is 0.648. The molecule has 0 unspecified atom stereocenters. The number of hydrogen-bond donors (Lipinski definition) is 1. The Morgan fingerprint density at radius 2 is 2.10 bits per heavy atom. The highest BCUT2D eigenvalue weighted by Gasteiger charge is 2.05. The molecule has 1 heterocycles. The highest BCUT2D eigenvalue weighted by molar-refractivity contribution is 5.82. The van der Waals surface area contributed by atoms with Gasteiger partial charge in [0.1, 0.15) is 0 Å². The van der Waals surface area contributed by atoms with Crippen molar-refractivity contribution >= 4 is 12.1 Å². The van der Waals surface area contributed by atoms with Gasteiger partial charge in [-0.15, -0.1) is 0 Å². The molecule has 0 aliphatic rings. The molecule has 0 aliphatic carbocycles. The van der Waals surface area contributed by atoms with Crippen LogP contribution in [0.15, 0.2) is 47.8 Å². The summed E-state index contributed by atoms with van der Waals surface area (Å²) < 4.78 is 12.4. The summed E-state index contributed by atoms with van der Waals surface area (Å²) in [6.45, 7) is -0.132. The van der Waals surface area contributed by atoms with Crippen LogP contribution in [0, 0.1) is 0 Å². The van der Waals surface area contributed by atoms with Crippen molar-refractivity contribution in [3.8, 4) is 11.5 Å². The van der Waals surface area contributed by atoms with Crippen molar-refractivity contribution in [2.45, 2.75) is 0 Å². The molecule has 0 radical (unpaired) electrons. The number of nitrogens with zero attached hydrogens (tertiary/aromatic N) is 2. The Bertz CT molecular complexity index is 635. The van der Waals surface area contributed by atoms with Gasteiger partial charge < -0.3 is 14.0 Å². The Balaban J connectivity index is 1.81. The number of carbonyl (C=O) groups is 1. The van der Waals surface area contributed by atoms with Crippen molar-refractivity contribution in [1.29, 1.82) is 0 Å². The average Bonchev–Trinajstić information content (AvgIpc) is 2.91. The van der Waals surface area contributed by atoms with Gasteiger partial charge in [-0.1, -0.05) is 12.1 Å². The van der Waals surface area contributed by atoms with Gasteiger partial charge in [-0.25, -0.2) is 5.43 Å². The number of methoxy groups -OCH3 is 1. The summed E-state index contributed by atoms with van der Waals surface area (Å²) in [7, 11) is 3.46. The maximum absolute atomic E-state index is 11.6. The zero-order valence-electron chi connectivity index (χ0n) is 11.9. The lowest BCUT2D eigenvalue weighted by Crippen LogP contribution is -2.24. The Kier molecular flexibility index (Phi) is 4.98. The van der Waals surface area contributed by atoms with E-state index in [1.54, 1.807) is 25.5 Å². The van der Waals surface area contributed by atoms with Gasteiger partial charge in [0.15, 0.2) is 18.1 Å². The fourth-order valence-electron chi connectivity index (χ4n) is 1.69. The Labute approximate surface area is 123 Å². The standard InChI is InChI=1S/C15H17N3O3/c1-18-8-7-12(10-18)9-16-17-15(19)11-21-14-6-4-3-5-13(14)20-2/h3-10H,11H2,1-2H3,(H,17,19)/b16-9+. The van der Waals surface area contributed by atoms with E-state index in [-0.39, 0.29) is 12.5 Å². The van der Waals surface area contributed by atoms with Crippen LogP contribution in [0.25, 0.3) is 0 Å². The highest BCUT2D eigenvalue weighted by Crippen LogP contribution is 2.25.